The lowest BCUT2D eigenvalue weighted by Crippen LogP contribution is -2.19. The van der Waals surface area contributed by atoms with Crippen LogP contribution in [0.4, 0.5) is 11.4 Å². The number of rotatable bonds is 10. The molecule has 27 heavy (non-hydrogen) atoms. The standard InChI is InChI=1S/C24H37N3/c1-7-9-23(26(3)4)19-11-15-21(16-12-19)25-22-17-13-20(14-18-22)24(10-8-2)27(5)6/h11-18,23-25H,7-10H2,1-6H3. The lowest BCUT2D eigenvalue weighted by molar-refractivity contribution is 0.282. The summed E-state index contributed by atoms with van der Waals surface area (Å²) in [7, 11) is 8.64. The number of nitrogens with zero attached hydrogens (tertiary/aromatic N) is 2. The molecule has 3 nitrogen and oxygen atoms in total. The van der Waals surface area contributed by atoms with E-state index in [1.165, 1.54) is 36.8 Å². The van der Waals surface area contributed by atoms with Crippen molar-refractivity contribution in [2.24, 2.45) is 0 Å². The molecule has 0 aliphatic heterocycles. The van der Waals surface area contributed by atoms with Crippen LogP contribution in [0, 0.1) is 0 Å². The molecule has 0 aliphatic rings. The van der Waals surface area contributed by atoms with Crippen molar-refractivity contribution in [2.45, 2.75) is 51.6 Å². The first kappa shape index (κ1) is 21.5. The van der Waals surface area contributed by atoms with Crippen LogP contribution in [0.25, 0.3) is 0 Å². The molecule has 0 aromatic heterocycles. The van der Waals surface area contributed by atoms with Gasteiger partial charge in [0.15, 0.2) is 0 Å². The molecule has 0 heterocycles. The number of anilines is 2. The van der Waals surface area contributed by atoms with Gasteiger partial charge in [-0.15, -0.1) is 0 Å². The highest BCUT2D eigenvalue weighted by molar-refractivity contribution is 5.60. The molecule has 2 rings (SSSR count). The van der Waals surface area contributed by atoms with Gasteiger partial charge in [-0.1, -0.05) is 51.0 Å². The number of hydrogen-bond donors (Lipinski definition) is 1. The molecule has 1 N–H and O–H groups in total. The predicted molar refractivity (Wildman–Crippen MR) is 119 cm³/mol. The Kier molecular flexibility index (Phi) is 8.33. The van der Waals surface area contributed by atoms with Crippen molar-refractivity contribution >= 4 is 11.4 Å². The van der Waals surface area contributed by atoms with E-state index < -0.39 is 0 Å². The fourth-order valence-corrected chi connectivity index (χ4v) is 3.74. The van der Waals surface area contributed by atoms with E-state index in [4.69, 9.17) is 0 Å². The van der Waals surface area contributed by atoms with Gasteiger partial charge in [0, 0.05) is 23.5 Å². The Bertz CT molecular complexity index is 600. The molecule has 0 amide bonds. The van der Waals surface area contributed by atoms with Gasteiger partial charge in [-0.05, 0) is 76.4 Å². The van der Waals surface area contributed by atoms with Gasteiger partial charge in [0.05, 0.1) is 0 Å². The zero-order valence-electron chi connectivity index (χ0n) is 18.0. The van der Waals surface area contributed by atoms with Crippen LogP contribution in [0.1, 0.15) is 62.7 Å². The van der Waals surface area contributed by atoms with Crippen LogP contribution in [0.2, 0.25) is 0 Å². The average molecular weight is 368 g/mol. The van der Waals surface area contributed by atoms with Crippen LogP contribution in [-0.2, 0) is 0 Å². The Balaban J connectivity index is 2.06. The second kappa shape index (κ2) is 10.5. The SMILES string of the molecule is CCCC(c1ccc(Nc2ccc(C(CCC)N(C)C)cc2)cc1)N(C)C. The Morgan fingerprint density at radius 2 is 0.963 bits per heavy atom. The second-order valence-corrected chi connectivity index (χ2v) is 7.91. The first-order valence-corrected chi connectivity index (χ1v) is 10.3. The van der Waals surface area contributed by atoms with Gasteiger partial charge in [0.25, 0.3) is 0 Å². The van der Waals surface area contributed by atoms with Gasteiger partial charge in [0.1, 0.15) is 0 Å². The Labute approximate surface area is 166 Å². The molecule has 148 valence electrons. The van der Waals surface area contributed by atoms with Gasteiger partial charge in [-0.2, -0.15) is 0 Å². The van der Waals surface area contributed by atoms with E-state index in [1.807, 2.05) is 0 Å². The molecule has 0 saturated heterocycles. The van der Waals surface area contributed by atoms with Crippen LogP contribution >= 0.6 is 0 Å². The molecule has 0 radical (unpaired) electrons. The molecule has 0 fully saturated rings. The number of benzene rings is 2. The largest absolute Gasteiger partial charge is 0.356 e. The minimum Gasteiger partial charge on any atom is -0.356 e. The van der Waals surface area contributed by atoms with Gasteiger partial charge in [0.2, 0.25) is 0 Å². The maximum absolute atomic E-state index is 3.53. The monoisotopic (exact) mass is 367 g/mol. The highest BCUT2D eigenvalue weighted by atomic mass is 15.1. The van der Waals surface area contributed by atoms with Crippen molar-refractivity contribution in [3.05, 3.63) is 59.7 Å². The third kappa shape index (κ3) is 6.08. The maximum atomic E-state index is 3.53. The predicted octanol–water partition coefficient (Wildman–Crippen LogP) is 6.24. The summed E-state index contributed by atoms with van der Waals surface area (Å²) in [5, 5.41) is 3.53. The summed E-state index contributed by atoms with van der Waals surface area (Å²) in [4.78, 5) is 4.62. The molecule has 2 unspecified atom stereocenters. The number of nitrogens with one attached hydrogen (secondary N) is 1. The van der Waals surface area contributed by atoms with Crippen LogP contribution in [-0.4, -0.2) is 38.0 Å². The minimum absolute atomic E-state index is 0.491. The lowest BCUT2D eigenvalue weighted by Gasteiger charge is -2.25. The molecule has 3 heteroatoms. The van der Waals surface area contributed by atoms with Gasteiger partial charge < -0.3 is 15.1 Å². The average Bonchev–Trinajstić information content (AvgIpc) is 2.65. The van der Waals surface area contributed by atoms with Crippen molar-refractivity contribution in [2.75, 3.05) is 33.5 Å². The van der Waals surface area contributed by atoms with Gasteiger partial charge in [-0.3, -0.25) is 0 Å². The zero-order valence-corrected chi connectivity index (χ0v) is 18.0. The molecular formula is C24H37N3. The summed E-state index contributed by atoms with van der Waals surface area (Å²) in [6.45, 7) is 4.49. The fourth-order valence-electron chi connectivity index (χ4n) is 3.74. The summed E-state index contributed by atoms with van der Waals surface area (Å²) in [6, 6.07) is 18.7. The van der Waals surface area contributed by atoms with E-state index in [2.05, 4.69) is 106 Å². The molecule has 0 bridgehead atoms. The molecule has 0 aliphatic carbocycles. The highest BCUT2D eigenvalue weighted by Gasteiger charge is 2.14. The second-order valence-electron chi connectivity index (χ2n) is 7.91. The summed E-state index contributed by atoms with van der Waals surface area (Å²) >= 11 is 0. The van der Waals surface area contributed by atoms with Crippen molar-refractivity contribution < 1.29 is 0 Å². The van der Waals surface area contributed by atoms with Crippen LogP contribution in [0.5, 0.6) is 0 Å². The molecule has 2 aromatic rings. The molecule has 2 atom stereocenters. The van der Waals surface area contributed by atoms with E-state index in [-0.39, 0.29) is 0 Å². The van der Waals surface area contributed by atoms with Gasteiger partial charge >= 0.3 is 0 Å². The first-order chi connectivity index (χ1) is 13.0. The Morgan fingerprint density at radius 3 is 1.22 bits per heavy atom. The van der Waals surface area contributed by atoms with E-state index in [9.17, 15) is 0 Å². The van der Waals surface area contributed by atoms with E-state index in [0.29, 0.717) is 12.1 Å². The summed E-state index contributed by atoms with van der Waals surface area (Å²) in [6.07, 6.45) is 4.76. The smallest absolute Gasteiger partial charge is 0.0384 e. The zero-order chi connectivity index (χ0) is 19.8. The third-order valence-electron chi connectivity index (χ3n) is 5.25. The highest BCUT2D eigenvalue weighted by Crippen LogP contribution is 2.28. The van der Waals surface area contributed by atoms with Crippen LogP contribution < -0.4 is 5.32 Å². The first-order valence-electron chi connectivity index (χ1n) is 10.3. The third-order valence-corrected chi connectivity index (χ3v) is 5.25. The van der Waals surface area contributed by atoms with Crippen molar-refractivity contribution in [3.8, 4) is 0 Å². The van der Waals surface area contributed by atoms with Crippen molar-refractivity contribution in [1.29, 1.82) is 0 Å². The Hall–Kier alpha value is -1.84. The normalized spacial score (nSPS) is 13.8. The Morgan fingerprint density at radius 1 is 0.630 bits per heavy atom. The molecular weight excluding hydrogens is 330 g/mol. The quantitative estimate of drug-likeness (QED) is 0.536. The maximum Gasteiger partial charge on any atom is 0.0384 e. The summed E-state index contributed by atoms with van der Waals surface area (Å²) < 4.78 is 0. The van der Waals surface area contributed by atoms with E-state index >= 15 is 0 Å². The summed E-state index contributed by atoms with van der Waals surface area (Å²) in [5.74, 6) is 0. The topological polar surface area (TPSA) is 18.5 Å². The van der Waals surface area contributed by atoms with Crippen LogP contribution in [0.3, 0.4) is 0 Å². The van der Waals surface area contributed by atoms with Gasteiger partial charge in [-0.25, -0.2) is 0 Å². The van der Waals surface area contributed by atoms with Crippen LogP contribution in [0.15, 0.2) is 48.5 Å². The minimum atomic E-state index is 0.491. The van der Waals surface area contributed by atoms with Crippen molar-refractivity contribution in [3.63, 3.8) is 0 Å². The fraction of sp³-hybridized carbons (Fsp3) is 0.500. The number of hydrogen-bond acceptors (Lipinski definition) is 3. The van der Waals surface area contributed by atoms with Crippen molar-refractivity contribution in [1.82, 2.24) is 9.80 Å². The van der Waals surface area contributed by atoms with E-state index in [0.717, 1.165) is 11.4 Å². The molecule has 0 saturated carbocycles. The molecule has 2 aromatic carbocycles. The lowest BCUT2D eigenvalue weighted by atomic mass is 10.0. The summed E-state index contributed by atoms with van der Waals surface area (Å²) in [5.41, 5.74) is 5.05. The molecule has 0 spiro atoms. The van der Waals surface area contributed by atoms with E-state index in [1.54, 1.807) is 0 Å².